The highest BCUT2D eigenvalue weighted by Crippen LogP contribution is 2.37. The molecule has 0 bridgehead atoms. The number of hydrogen-bond donors (Lipinski definition) is 4. The minimum Gasteiger partial charge on any atom is -0.493 e. The van der Waals surface area contributed by atoms with Gasteiger partial charge in [-0.05, 0) is 36.8 Å². The Morgan fingerprint density at radius 2 is 2.00 bits per heavy atom. The van der Waals surface area contributed by atoms with E-state index < -0.39 is 10.2 Å². The molecule has 0 amide bonds. The van der Waals surface area contributed by atoms with Crippen molar-refractivity contribution in [2.75, 3.05) is 44.9 Å². The van der Waals surface area contributed by atoms with Crippen molar-refractivity contribution >= 4 is 33.3 Å². The van der Waals surface area contributed by atoms with Gasteiger partial charge in [0.25, 0.3) is 16.7 Å². The molecule has 33 heavy (non-hydrogen) atoms. The first-order valence-corrected chi connectivity index (χ1v) is 12.1. The second-order valence-electron chi connectivity index (χ2n) is 7.72. The molecule has 11 nitrogen and oxygen atoms in total. The normalized spacial score (nSPS) is 15.5. The number of nitrogens with one attached hydrogen (secondary N) is 1. The number of ether oxygens (including phenoxy) is 2. The number of methoxy groups -OCH3 is 1. The molecule has 0 spiro atoms. The molecule has 12 heteroatoms. The van der Waals surface area contributed by atoms with Crippen LogP contribution in [0.25, 0.3) is 10.9 Å². The van der Waals surface area contributed by atoms with Gasteiger partial charge < -0.3 is 24.6 Å². The highest BCUT2D eigenvalue weighted by Gasteiger charge is 2.25. The molecular weight excluding hydrogens is 452 g/mol. The van der Waals surface area contributed by atoms with Crippen molar-refractivity contribution in [2.24, 2.45) is 17.0 Å². The highest BCUT2D eigenvalue weighted by molar-refractivity contribution is 7.87. The standard InChI is InChI=1S/C20H30N4O5S.CH2O2/c1-14(13-23-30(21,26)27)15-4-7-24(8-5-15)18-3-6-22-17-12-19(28-2)20(11-16(17)18)29-10-9-25;2-1-3/h3,6,11-12,14-15,23,25H,4-5,7-10,13H2,1-2H3,(H2,21,26,27);1H,(H,2,3). The number of fused-ring (bicyclic) bond motifs is 1. The molecule has 3 rings (SSSR count). The van der Waals surface area contributed by atoms with E-state index in [2.05, 4.69) is 21.5 Å². The van der Waals surface area contributed by atoms with E-state index in [0.29, 0.717) is 24.0 Å². The Morgan fingerprint density at radius 1 is 1.33 bits per heavy atom. The predicted molar refractivity (Wildman–Crippen MR) is 125 cm³/mol. The number of hydrogen-bond acceptors (Lipinski definition) is 8. The number of benzene rings is 1. The Hall–Kier alpha value is -2.67. The van der Waals surface area contributed by atoms with Gasteiger partial charge in [0.1, 0.15) is 6.61 Å². The van der Waals surface area contributed by atoms with Crippen LogP contribution in [-0.4, -0.2) is 70.0 Å². The van der Waals surface area contributed by atoms with Crippen molar-refractivity contribution in [3.05, 3.63) is 24.4 Å². The summed E-state index contributed by atoms with van der Waals surface area (Å²) in [4.78, 5) is 15.2. The lowest BCUT2D eigenvalue weighted by molar-refractivity contribution is -0.122. The molecule has 2 aromatic rings. The van der Waals surface area contributed by atoms with Crippen molar-refractivity contribution in [3.63, 3.8) is 0 Å². The molecule has 1 atom stereocenters. The summed E-state index contributed by atoms with van der Waals surface area (Å²) >= 11 is 0. The van der Waals surface area contributed by atoms with E-state index in [1.165, 1.54) is 0 Å². The summed E-state index contributed by atoms with van der Waals surface area (Å²) in [6.07, 6.45) is 3.71. The molecule has 1 aromatic carbocycles. The summed E-state index contributed by atoms with van der Waals surface area (Å²) in [7, 11) is -2.08. The zero-order valence-corrected chi connectivity index (χ0v) is 19.6. The molecule has 184 valence electrons. The third-order valence-corrected chi connectivity index (χ3v) is 6.21. The summed E-state index contributed by atoms with van der Waals surface area (Å²) in [6.45, 7) is 4.00. The van der Waals surface area contributed by atoms with Gasteiger partial charge in [-0.3, -0.25) is 9.78 Å². The molecule has 0 radical (unpaired) electrons. The van der Waals surface area contributed by atoms with Crippen LogP contribution in [0.2, 0.25) is 0 Å². The van der Waals surface area contributed by atoms with E-state index in [1.54, 1.807) is 13.3 Å². The van der Waals surface area contributed by atoms with Crippen molar-refractivity contribution < 1.29 is 32.9 Å². The van der Waals surface area contributed by atoms with E-state index in [9.17, 15) is 8.42 Å². The topological polar surface area (TPSA) is 164 Å². The number of rotatable bonds is 9. The van der Waals surface area contributed by atoms with Crippen LogP contribution in [0.1, 0.15) is 19.8 Å². The van der Waals surface area contributed by atoms with E-state index in [1.807, 2.05) is 18.2 Å². The first kappa shape index (κ1) is 26.6. The van der Waals surface area contributed by atoms with E-state index in [0.717, 1.165) is 42.5 Å². The van der Waals surface area contributed by atoms with Crippen LogP contribution in [0, 0.1) is 11.8 Å². The lowest BCUT2D eigenvalue weighted by Gasteiger charge is -2.36. The van der Waals surface area contributed by atoms with Crippen LogP contribution >= 0.6 is 0 Å². The van der Waals surface area contributed by atoms with E-state index in [-0.39, 0.29) is 25.6 Å². The Morgan fingerprint density at radius 3 is 2.58 bits per heavy atom. The second kappa shape index (κ2) is 12.5. The van der Waals surface area contributed by atoms with Gasteiger partial charge in [-0.2, -0.15) is 8.42 Å². The Kier molecular flexibility index (Phi) is 10.1. The van der Waals surface area contributed by atoms with Gasteiger partial charge in [-0.1, -0.05) is 6.92 Å². The van der Waals surface area contributed by atoms with Gasteiger partial charge in [-0.25, -0.2) is 9.86 Å². The van der Waals surface area contributed by atoms with Crippen LogP contribution in [0.5, 0.6) is 11.5 Å². The largest absolute Gasteiger partial charge is 0.493 e. The van der Waals surface area contributed by atoms with Crippen LogP contribution in [0.15, 0.2) is 24.4 Å². The SMILES string of the molecule is COc1cc2nccc(N3CCC(C(C)CNS(N)(=O)=O)CC3)c2cc1OCCO.O=CO. The number of nitrogens with zero attached hydrogens (tertiary/aromatic N) is 2. The summed E-state index contributed by atoms with van der Waals surface area (Å²) in [6, 6.07) is 5.76. The number of aliphatic hydroxyl groups is 1. The van der Waals surface area contributed by atoms with Crippen molar-refractivity contribution in [2.45, 2.75) is 19.8 Å². The number of carboxylic acid groups (broad SMARTS) is 1. The smallest absolute Gasteiger partial charge is 0.290 e. The number of carbonyl (C=O) groups is 1. The third-order valence-electron chi connectivity index (χ3n) is 5.64. The molecule has 1 aliphatic heterocycles. The molecule has 0 aliphatic carbocycles. The van der Waals surface area contributed by atoms with Gasteiger partial charge >= 0.3 is 0 Å². The lowest BCUT2D eigenvalue weighted by Crippen LogP contribution is -2.40. The first-order valence-electron chi connectivity index (χ1n) is 10.5. The molecule has 5 N–H and O–H groups in total. The third kappa shape index (κ3) is 7.70. The molecular formula is C21H32N4O7S. The summed E-state index contributed by atoms with van der Waals surface area (Å²) < 4.78 is 35.7. The number of piperidine rings is 1. The predicted octanol–water partition coefficient (Wildman–Crippen LogP) is 0.961. The van der Waals surface area contributed by atoms with Gasteiger partial charge in [0.05, 0.1) is 19.2 Å². The summed E-state index contributed by atoms with van der Waals surface area (Å²) in [5.74, 6) is 1.79. The monoisotopic (exact) mass is 484 g/mol. The minimum atomic E-state index is -3.66. The van der Waals surface area contributed by atoms with Gasteiger partial charge in [-0.15, -0.1) is 0 Å². The number of anilines is 1. The average molecular weight is 485 g/mol. The van der Waals surface area contributed by atoms with Crippen molar-refractivity contribution in [1.29, 1.82) is 0 Å². The number of aliphatic hydroxyl groups excluding tert-OH is 1. The van der Waals surface area contributed by atoms with Gasteiger partial charge in [0, 0.05) is 43.0 Å². The maximum absolute atomic E-state index is 11.1. The Bertz CT molecular complexity index is 1010. The van der Waals surface area contributed by atoms with Crippen LogP contribution in [0.4, 0.5) is 5.69 Å². The zero-order valence-electron chi connectivity index (χ0n) is 18.8. The molecule has 1 aliphatic rings. The zero-order chi connectivity index (χ0) is 24.4. The lowest BCUT2D eigenvalue weighted by atomic mass is 9.85. The fraction of sp³-hybridized carbons (Fsp3) is 0.524. The summed E-state index contributed by atoms with van der Waals surface area (Å²) in [5, 5.41) is 22.0. The van der Waals surface area contributed by atoms with E-state index in [4.69, 9.17) is 29.6 Å². The van der Waals surface area contributed by atoms with Crippen molar-refractivity contribution in [1.82, 2.24) is 9.71 Å². The number of aromatic nitrogens is 1. The minimum absolute atomic E-state index is 0.0763. The molecule has 0 saturated carbocycles. The molecule has 1 fully saturated rings. The average Bonchev–Trinajstić information content (AvgIpc) is 2.80. The molecule has 1 saturated heterocycles. The van der Waals surface area contributed by atoms with Crippen molar-refractivity contribution in [3.8, 4) is 11.5 Å². The maximum Gasteiger partial charge on any atom is 0.290 e. The van der Waals surface area contributed by atoms with Gasteiger partial charge in [0.2, 0.25) is 0 Å². The fourth-order valence-electron chi connectivity index (χ4n) is 3.97. The van der Waals surface area contributed by atoms with Crippen LogP contribution in [-0.2, 0) is 15.0 Å². The molecule has 1 aromatic heterocycles. The van der Waals surface area contributed by atoms with Gasteiger partial charge in [0.15, 0.2) is 11.5 Å². The Balaban J connectivity index is 0.00000122. The van der Waals surface area contributed by atoms with Crippen LogP contribution < -0.4 is 24.2 Å². The molecule has 2 heterocycles. The maximum atomic E-state index is 11.1. The fourth-order valence-corrected chi connectivity index (χ4v) is 4.46. The number of pyridine rings is 1. The molecule has 1 unspecified atom stereocenters. The quantitative estimate of drug-likeness (QED) is 0.379. The summed E-state index contributed by atoms with van der Waals surface area (Å²) in [5.41, 5.74) is 1.89. The van der Waals surface area contributed by atoms with E-state index >= 15 is 0 Å². The second-order valence-corrected chi connectivity index (χ2v) is 9.10. The van der Waals surface area contributed by atoms with Crippen LogP contribution in [0.3, 0.4) is 0 Å². The number of nitrogens with two attached hydrogens (primary N) is 1. The highest BCUT2D eigenvalue weighted by atomic mass is 32.2. The first-order chi connectivity index (χ1) is 15.7. The Labute approximate surface area is 193 Å².